The number of aromatic carboxylic acids is 1. The molecule has 0 amide bonds. The van der Waals surface area contributed by atoms with Gasteiger partial charge >= 0.3 is 18.3 Å². The number of aromatic nitrogens is 2. The molecule has 0 bridgehead atoms. The maximum Gasteiger partial charge on any atom is 0.416 e. The lowest BCUT2D eigenvalue weighted by Gasteiger charge is -2.14. The Hall–Kier alpha value is -3.93. The van der Waals surface area contributed by atoms with Crippen LogP contribution in [-0.4, -0.2) is 27.1 Å². The predicted molar refractivity (Wildman–Crippen MR) is 132 cm³/mol. The number of carboxylic acids is 1. The summed E-state index contributed by atoms with van der Waals surface area (Å²) in [5.41, 5.74) is -1.96. The number of anilines is 1. The Balaban J connectivity index is 1.81. The monoisotopic (exact) mass is 551 g/mol. The molecule has 5 nitrogen and oxygen atoms in total. The number of benzene rings is 3. The van der Waals surface area contributed by atoms with Crippen LogP contribution >= 0.6 is 11.8 Å². The number of hydrogen-bond acceptors (Lipinski definition) is 4. The SMILES string of the molecule is CSc1ccc(NCc2cn(-c3ccc(C(=O)O)cc3)nc2-c2cc(C(F)(F)F)cc(C(F)(F)F)c2)cc1. The molecule has 12 heteroatoms. The molecule has 0 saturated carbocycles. The molecule has 0 fully saturated rings. The van der Waals surface area contributed by atoms with E-state index < -0.39 is 29.4 Å². The van der Waals surface area contributed by atoms with Crippen molar-refractivity contribution in [3.8, 4) is 16.9 Å². The average Bonchev–Trinajstić information content (AvgIpc) is 3.31. The molecule has 0 aliphatic carbocycles. The third-order valence-corrected chi connectivity index (χ3v) is 6.35. The molecule has 0 unspecified atom stereocenters. The molecule has 198 valence electrons. The van der Waals surface area contributed by atoms with Crippen molar-refractivity contribution >= 4 is 23.4 Å². The second-order valence-corrected chi connectivity index (χ2v) is 9.06. The summed E-state index contributed by atoms with van der Waals surface area (Å²) < 4.78 is 82.3. The van der Waals surface area contributed by atoms with Crippen LogP contribution in [0.5, 0.6) is 0 Å². The van der Waals surface area contributed by atoms with Crippen LogP contribution in [0.25, 0.3) is 16.9 Å². The number of alkyl halides is 6. The number of rotatable bonds is 7. The first kappa shape index (κ1) is 27.1. The fourth-order valence-corrected chi connectivity index (χ4v) is 4.08. The Bertz CT molecular complexity index is 1410. The summed E-state index contributed by atoms with van der Waals surface area (Å²) in [6.07, 6.45) is -6.64. The molecule has 2 N–H and O–H groups in total. The van der Waals surface area contributed by atoms with Crippen molar-refractivity contribution in [2.75, 3.05) is 11.6 Å². The fraction of sp³-hybridized carbons (Fsp3) is 0.154. The lowest BCUT2D eigenvalue weighted by molar-refractivity contribution is -0.143. The maximum atomic E-state index is 13.5. The minimum absolute atomic E-state index is 0.00408. The van der Waals surface area contributed by atoms with Gasteiger partial charge in [-0.1, -0.05) is 0 Å². The normalized spacial score (nSPS) is 12.0. The lowest BCUT2D eigenvalue weighted by Crippen LogP contribution is -2.11. The van der Waals surface area contributed by atoms with Gasteiger partial charge in [-0.2, -0.15) is 31.4 Å². The third kappa shape index (κ3) is 6.13. The zero-order valence-corrected chi connectivity index (χ0v) is 20.4. The molecule has 4 rings (SSSR count). The summed E-state index contributed by atoms with van der Waals surface area (Å²) in [7, 11) is 0. The highest BCUT2D eigenvalue weighted by Crippen LogP contribution is 2.39. The highest BCUT2D eigenvalue weighted by atomic mass is 32.2. The topological polar surface area (TPSA) is 67.2 Å². The van der Waals surface area contributed by atoms with Gasteiger partial charge < -0.3 is 10.4 Å². The van der Waals surface area contributed by atoms with Gasteiger partial charge in [-0.15, -0.1) is 11.8 Å². The van der Waals surface area contributed by atoms with E-state index in [1.54, 1.807) is 23.9 Å². The first-order valence-corrected chi connectivity index (χ1v) is 12.2. The Morgan fingerprint density at radius 2 is 1.50 bits per heavy atom. The standard InChI is InChI=1S/C26H19F6N3O2S/c1-38-22-8-4-20(5-9-22)33-13-17-14-35(21-6-2-15(3-7-21)24(36)37)34-23(17)16-10-18(25(27,28)29)12-19(11-16)26(30,31)32/h2-12,14,33H,13H2,1H3,(H,36,37). The van der Waals surface area contributed by atoms with Gasteiger partial charge in [-0.05, 0) is 73.0 Å². The van der Waals surface area contributed by atoms with Crippen molar-refractivity contribution < 1.29 is 36.2 Å². The van der Waals surface area contributed by atoms with E-state index in [0.29, 0.717) is 29.1 Å². The van der Waals surface area contributed by atoms with Crippen molar-refractivity contribution in [2.24, 2.45) is 0 Å². The van der Waals surface area contributed by atoms with E-state index in [9.17, 15) is 31.1 Å². The number of halogens is 6. The van der Waals surface area contributed by atoms with Crippen LogP contribution in [0, 0.1) is 0 Å². The largest absolute Gasteiger partial charge is 0.478 e. The van der Waals surface area contributed by atoms with Crippen LogP contribution in [0.2, 0.25) is 0 Å². The highest BCUT2D eigenvalue weighted by Gasteiger charge is 2.37. The highest BCUT2D eigenvalue weighted by molar-refractivity contribution is 7.98. The van der Waals surface area contributed by atoms with E-state index in [2.05, 4.69) is 10.4 Å². The van der Waals surface area contributed by atoms with Gasteiger partial charge in [0.2, 0.25) is 0 Å². The zero-order valence-electron chi connectivity index (χ0n) is 19.6. The van der Waals surface area contributed by atoms with Crippen molar-refractivity contribution in [3.63, 3.8) is 0 Å². The third-order valence-electron chi connectivity index (χ3n) is 5.60. The number of thioether (sulfide) groups is 1. The molecule has 3 aromatic carbocycles. The smallest absolute Gasteiger partial charge is 0.416 e. The molecule has 4 aromatic rings. The van der Waals surface area contributed by atoms with Gasteiger partial charge in [0.15, 0.2) is 0 Å². The molecular formula is C26H19F6N3O2S. The number of carboxylic acid groups (broad SMARTS) is 1. The Morgan fingerprint density at radius 3 is 2.00 bits per heavy atom. The van der Waals surface area contributed by atoms with Crippen molar-refractivity contribution in [1.29, 1.82) is 0 Å². The van der Waals surface area contributed by atoms with Crippen LogP contribution in [-0.2, 0) is 18.9 Å². The van der Waals surface area contributed by atoms with E-state index in [0.717, 1.165) is 4.90 Å². The Kier molecular flexibility index (Phi) is 7.45. The predicted octanol–water partition coefficient (Wildman–Crippen LogP) is 7.61. The van der Waals surface area contributed by atoms with Gasteiger partial charge in [0.1, 0.15) is 0 Å². The van der Waals surface area contributed by atoms with Crippen molar-refractivity contribution in [2.45, 2.75) is 23.8 Å². The van der Waals surface area contributed by atoms with E-state index in [4.69, 9.17) is 5.11 Å². The van der Waals surface area contributed by atoms with Gasteiger partial charge in [0, 0.05) is 34.5 Å². The van der Waals surface area contributed by atoms with Crippen LogP contribution in [0.4, 0.5) is 32.0 Å². The number of nitrogens with one attached hydrogen (secondary N) is 1. The second kappa shape index (κ2) is 10.4. The summed E-state index contributed by atoms with van der Waals surface area (Å²) in [5, 5.41) is 16.5. The molecule has 38 heavy (non-hydrogen) atoms. The summed E-state index contributed by atoms with van der Waals surface area (Å²) in [6.45, 7) is 0.0404. The summed E-state index contributed by atoms with van der Waals surface area (Å²) in [4.78, 5) is 12.2. The first-order chi connectivity index (χ1) is 17.8. The summed E-state index contributed by atoms with van der Waals surface area (Å²) in [6, 6.07) is 14.2. The molecule has 0 saturated heterocycles. The molecular weight excluding hydrogens is 532 g/mol. The van der Waals surface area contributed by atoms with E-state index in [1.165, 1.54) is 35.1 Å². The minimum Gasteiger partial charge on any atom is -0.478 e. The quantitative estimate of drug-likeness (QED) is 0.183. The van der Waals surface area contributed by atoms with Gasteiger partial charge in [-0.3, -0.25) is 0 Å². The fourth-order valence-electron chi connectivity index (χ4n) is 3.67. The molecule has 1 heterocycles. The number of nitrogens with zero attached hydrogens (tertiary/aromatic N) is 2. The Morgan fingerprint density at radius 1 is 0.921 bits per heavy atom. The molecule has 1 aromatic heterocycles. The summed E-state index contributed by atoms with van der Waals surface area (Å²) in [5.74, 6) is -1.15. The minimum atomic E-state index is -5.01. The summed E-state index contributed by atoms with van der Waals surface area (Å²) >= 11 is 1.54. The van der Waals surface area contributed by atoms with Crippen molar-refractivity contribution in [1.82, 2.24) is 9.78 Å². The van der Waals surface area contributed by atoms with E-state index >= 15 is 0 Å². The molecule has 0 aliphatic rings. The second-order valence-electron chi connectivity index (χ2n) is 8.18. The van der Waals surface area contributed by atoms with E-state index in [-0.39, 0.29) is 29.4 Å². The number of hydrogen-bond donors (Lipinski definition) is 2. The van der Waals surface area contributed by atoms with Crippen LogP contribution in [0.15, 0.2) is 77.8 Å². The van der Waals surface area contributed by atoms with Crippen LogP contribution in [0.1, 0.15) is 27.0 Å². The molecule has 0 radical (unpaired) electrons. The molecule has 0 aliphatic heterocycles. The lowest BCUT2D eigenvalue weighted by atomic mass is 10.0. The maximum absolute atomic E-state index is 13.5. The van der Waals surface area contributed by atoms with Crippen LogP contribution in [0.3, 0.4) is 0 Å². The van der Waals surface area contributed by atoms with Gasteiger partial charge in [-0.25, -0.2) is 9.48 Å². The van der Waals surface area contributed by atoms with Crippen molar-refractivity contribution in [3.05, 3.63) is 95.2 Å². The first-order valence-electron chi connectivity index (χ1n) is 10.9. The van der Waals surface area contributed by atoms with E-state index in [1.807, 2.05) is 18.4 Å². The van der Waals surface area contributed by atoms with Crippen LogP contribution < -0.4 is 5.32 Å². The van der Waals surface area contributed by atoms with Gasteiger partial charge in [0.05, 0.1) is 28.1 Å². The number of carbonyl (C=O) groups is 1. The molecule has 0 spiro atoms. The molecule has 0 atom stereocenters. The average molecular weight is 552 g/mol. The zero-order chi connectivity index (χ0) is 27.7. The van der Waals surface area contributed by atoms with Gasteiger partial charge in [0.25, 0.3) is 0 Å². The Labute approximate surface area is 217 Å².